The van der Waals surface area contributed by atoms with Crippen LogP contribution < -0.4 is 0 Å². The Morgan fingerprint density at radius 2 is 1.65 bits per heavy atom. The smallest absolute Gasteiger partial charge is 0.254 e. The normalized spacial score (nSPS) is 10.7. The third-order valence-electron chi connectivity index (χ3n) is 3.95. The molecule has 23 heavy (non-hydrogen) atoms. The molecule has 0 saturated carbocycles. The lowest BCUT2D eigenvalue weighted by Crippen LogP contribution is -2.26. The first-order valence-electron chi connectivity index (χ1n) is 7.55. The van der Waals surface area contributed by atoms with E-state index in [1.807, 2.05) is 49.5 Å². The number of carbonyl (C=O) groups excluding carboxylic acids is 1. The minimum absolute atomic E-state index is 0.0516. The monoisotopic (exact) mass is 321 g/mol. The Labute approximate surface area is 141 Å². The van der Waals surface area contributed by atoms with Crippen LogP contribution in [0, 0.1) is 0 Å². The van der Waals surface area contributed by atoms with Crippen molar-refractivity contribution in [2.45, 2.75) is 11.4 Å². The molecule has 0 N–H and O–H groups in total. The molecule has 3 aromatic rings. The largest absolute Gasteiger partial charge is 0.337 e. The SMILES string of the molecule is CSc1ccc(CN(C)C(=O)c2cccc3ccccc23)cc1. The molecule has 0 radical (unpaired) electrons. The van der Waals surface area contributed by atoms with Gasteiger partial charge in [0, 0.05) is 24.1 Å². The lowest BCUT2D eigenvalue weighted by atomic mass is 10.0. The summed E-state index contributed by atoms with van der Waals surface area (Å²) >= 11 is 1.72. The highest BCUT2D eigenvalue weighted by atomic mass is 32.2. The zero-order valence-electron chi connectivity index (χ0n) is 13.3. The average Bonchev–Trinajstić information content (AvgIpc) is 2.61. The standard InChI is InChI=1S/C20H19NOS/c1-21(14-15-10-12-17(23-2)13-11-15)20(22)19-9-5-7-16-6-3-4-8-18(16)19/h3-13H,14H2,1-2H3. The van der Waals surface area contributed by atoms with Crippen LogP contribution in [0.5, 0.6) is 0 Å². The molecule has 2 nitrogen and oxygen atoms in total. The highest BCUT2D eigenvalue weighted by Crippen LogP contribution is 2.21. The second-order valence-corrected chi connectivity index (χ2v) is 6.42. The highest BCUT2D eigenvalue weighted by Gasteiger charge is 2.14. The summed E-state index contributed by atoms with van der Waals surface area (Å²) in [5.74, 6) is 0.0516. The summed E-state index contributed by atoms with van der Waals surface area (Å²) in [7, 11) is 1.85. The van der Waals surface area contributed by atoms with Gasteiger partial charge in [-0.3, -0.25) is 4.79 Å². The lowest BCUT2D eigenvalue weighted by Gasteiger charge is -2.18. The van der Waals surface area contributed by atoms with E-state index in [2.05, 4.69) is 30.5 Å². The molecular weight excluding hydrogens is 302 g/mol. The number of rotatable bonds is 4. The van der Waals surface area contributed by atoms with Crippen molar-refractivity contribution in [1.82, 2.24) is 4.90 Å². The second kappa shape index (κ2) is 6.88. The molecule has 0 fully saturated rings. The molecule has 0 aliphatic rings. The summed E-state index contributed by atoms with van der Waals surface area (Å²) in [5, 5.41) is 2.10. The van der Waals surface area contributed by atoms with E-state index in [0.717, 1.165) is 21.9 Å². The molecule has 0 aliphatic heterocycles. The number of thioether (sulfide) groups is 1. The Bertz CT molecular complexity index is 821. The van der Waals surface area contributed by atoms with Gasteiger partial charge in [0.15, 0.2) is 0 Å². The van der Waals surface area contributed by atoms with Gasteiger partial charge in [-0.1, -0.05) is 48.5 Å². The van der Waals surface area contributed by atoms with Crippen molar-refractivity contribution in [3.8, 4) is 0 Å². The van der Waals surface area contributed by atoms with Gasteiger partial charge in [-0.15, -0.1) is 11.8 Å². The van der Waals surface area contributed by atoms with Crippen molar-refractivity contribution in [3.05, 3.63) is 77.9 Å². The topological polar surface area (TPSA) is 20.3 Å². The van der Waals surface area contributed by atoms with Gasteiger partial charge in [0.1, 0.15) is 0 Å². The molecule has 1 amide bonds. The first kappa shape index (κ1) is 15.6. The van der Waals surface area contributed by atoms with E-state index in [1.165, 1.54) is 4.90 Å². The molecule has 0 spiro atoms. The van der Waals surface area contributed by atoms with Crippen molar-refractivity contribution in [2.24, 2.45) is 0 Å². The summed E-state index contributed by atoms with van der Waals surface area (Å²) in [6.07, 6.45) is 2.06. The Balaban J connectivity index is 1.83. The number of hydrogen-bond acceptors (Lipinski definition) is 2. The number of amides is 1. The summed E-state index contributed by atoms with van der Waals surface area (Å²) in [4.78, 5) is 15.8. The van der Waals surface area contributed by atoms with Gasteiger partial charge < -0.3 is 4.90 Å². The molecular formula is C20H19NOS. The summed E-state index contributed by atoms with van der Waals surface area (Å²) < 4.78 is 0. The van der Waals surface area contributed by atoms with Crippen LogP contribution in [0.15, 0.2) is 71.6 Å². The van der Waals surface area contributed by atoms with E-state index in [1.54, 1.807) is 16.7 Å². The number of benzene rings is 3. The van der Waals surface area contributed by atoms with E-state index < -0.39 is 0 Å². The van der Waals surface area contributed by atoms with Gasteiger partial charge in [0.25, 0.3) is 5.91 Å². The van der Waals surface area contributed by atoms with Gasteiger partial charge >= 0.3 is 0 Å². The fourth-order valence-corrected chi connectivity index (χ4v) is 3.10. The molecule has 0 aliphatic carbocycles. The predicted octanol–water partition coefficient (Wildman–Crippen LogP) is 4.83. The Morgan fingerprint density at radius 1 is 0.957 bits per heavy atom. The maximum Gasteiger partial charge on any atom is 0.254 e. The quantitative estimate of drug-likeness (QED) is 0.641. The van der Waals surface area contributed by atoms with E-state index in [9.17, 15) is 4.79 Å². The van der Waals surface area contributed by atoms with E-state index in [-0.39, 0.29) is 5.91 Å². The van der Waals surface area contributed by atoms with Crippen molar-refractivity contribution in [1.29, 1.82) is 0 Å². The number of hydrogen-bond donors (Lipinski definition) is 0. The molecule has 0 bridgehead atoms. The van der Waals surface area contributed by atoms with Crippen LogP contribution in [0.1, 0.15) is 15.9 Å². The molecule has 3 heteroatoms. The van der Waals surface area contributed by atoms with Crippen LogP contribution in [0.3, 0.4) is 0 Å². The molecule has 0 saturated heterocycles. The Hall–Kier alpha value is -2.26. The summed E-state index contributed by atoms with van der Waals surface area (Å²) in [5.41, 5.74) is 1.89. The first-order valence-corrected chi connectivity index (χ1v) is 8.77. The minimum atomic E-state index is 0.0516. The van der Waals surface area contributed by atoms with Crippen molar-refractivity contribution in [3.63, 3.8) is 0 Å². The van der Waals surface area contributed by atoms with Crippen LogP contribution in [0.2, 0.25) is 0 Å². The fourth-order valence-electron chi connectivity index (χ4n) is 2.69. The summed E-state index contributed by atoms with van der Waals surface area (Å²) in [6.45, 7) is 0.608. The average molecular weight is 321 g/mol. The predicted molar refractivity (Wildman–Crippen MR) is 98.0 cm³/mol. The van der Waals surface area contributed by atoms with Crippen molar-refractivity contribution in [2.75, 3.05) is 13.3 Å². The van der Waals surface area contributed by atoms with Crippen LogP contribution in [0.4, 0.5) is 0 Å². The van der Waals surface area contributed by atoms with Crippen LogP contribution in [0.25, 0.3) is 10.8 Å². The van der Waals surface area contributed by atoms with Crippen LogP contribution in [-0.2, 0) is 6.54 Å². The van der Waals surface area contributed by atoms with Crippen LogP contribution in [-0.4, -0.2) is 24.1 Å². The van der Waals surface area contributed by atoms with Gasteiger partial charge in [-0.05, 0) is 40.8 Å². The summed E-state index contributed by atoms with van der Waals surface area (Å²) in [6, 6.07) is 22.2. The zero-order chi connectivity index (χ0) is 16.2. The van der Waals surface area contributed by atoms with Gasteiger partial charge in [0.05, 0.1) is 0 Å². The first-order chi connectivity index (χ1) is 11.2. The molecule has 0 aromatic heterocycles. The third kappa shape index (κ3) is 3.40. The Kier molecular flexibility index (Phi) is 4.68. The van der Waals surface area contributed by atoms with Gasteiger partial charge in [0.2, 0.25) is 0 Å². The van der Waals surface area contributed by atoms with E-state index in [0.29, 0.717) is 6.54 Å². The van der Waals surface area contributed by atoms with Gasteiger partial charge in [-0.25, -0.2) is 0 Å². The number of nitrogens with zero attached hydrogens (tertiary/aromatic N) is 1. The molecule has 0 atom stereocenters. The number of carbonyl (C=O) groups is 1. The fraction of sp³-hybridized carbons (Fsp3) is 0.150. The second-order valence-electron chi connectivity index (χ2n) is 5.54. The highest BCUT2D eigenvalue weighted by molar-refractivity contribution is 7.98. The van der Waals surface area contributed by atoms with Crippen molar-refractivity contribution >= 4 is 28.4 Å². The molecule has 3 aromatic carbocycles. The molecule has 116 valence electrons. The Morgan fingerprint density at radius 3 is 2.39 bits per heavy atom. The maximum absolute atomic E-state index is 12.8. The van der Waals surface area contributed by atoms with E-state index >= 15 is 0 Å². The van der Waals surface area contributed by atoms with Crippen molar-refractivity contribution < 1.29 is 4.79 Å². The van der Waals surface area contributed by atoms with E-state index in [4.69, 9.17) is 0 Å². The third-order valence-corrected chi connectivity index (χ3v) is 4.69. The molecule has 0 unspecified atom stereocenters. The molecule has 3 rings (SSSR count). The molecule has 0 heterocycles. The lowest BCUT2D eigenvalue weighted by molar-refractivity contribution is 0.0787. The van der Waals surface area contributed by atoms with Gasteiger partial charge in [-0.2, -0.15) is 0 Å². The minimum Gasteiger partial charge on any atom is -0.337 e. The zero-order valence-corrected chi connectivity index (χ0v) is 14.1. The maximum atomic E-state index is 12.8. The number of fused-ring (bicyclic) bond motifs is 1. The van der Waals surface area contributed by atoms with Crippen LogP contribution >= 0.6 is 11.8 Å².